The van der Waals surface area contributed by atoms with Crippen LogP contribution in [0.1, 0.15) is 19.3 Å². The predicted octanol–water partition coefficient (Wildman–Crippen LogP) is 3.97. The molecule has 0 aromatic heterocycles. The number of amides is 2. The minimum Gasteiger partial charge on any atom is -0.497 e. The minimum atomic E-state index is -0.162. The van der Waals surface area contributed by atoms with E-state index in [1.807, 2.05) is 48.5 Å². The van der Waals surface area contributed by atoms with Crippen molar-refractivity contribution in [2.45, 2.75) is 25.3 Å². The highest BCUT2D eigenvalue weighted by Gasteiger charge is 2.19. The van der Waals surface area contributed by atoms with Crippen LogP contribution in [0.2, 0.25) is 0 Å². The van der Waals surface area contributed by atoms with Gasteiger partial charge in [0.25, 0.3) is 0 Å². The number of hydrogen-bond acceptors (Lipinski definition) is 3. The lowest BCUT2D eigenvalue weighted by Gasteiger charge is -2.32. The van der Waals surface area contributed by atoms with Gasteiger partial charge in [-0.3, -0.25) is 0 Å². The molecule has 1 atom stereocenters. The lowest BCUT2D eigenvalue weighted by Crippen LogP contribution is -2.45. The molecule has 26 heavy (non-hydrogen) atoms. The highest BCUT2D eigenvalue weighted by molar-refractivity contribution is 5.94. The van der Waals surface area contributed by atoms with Crippen LogP contribution in [0.15, 0.2) is 48.5 Å². The fourth-order valence-electron chi connectivity index (χ4n) is 3.39. The number of rotatable bonds is 5. The normalized spacial score (nSPS) is 17.5. The van der Waals surface area contributed by atoms with Crippen LogP contribution in [0.3, 0.4) is 0 Å². The Kier molecular flexibility index (Phi) is 6.12. The molecule has 1 aliphatic rings. The van der Waals surface area contributed by atoms with E-state index in [9.17, 15) is 4.79 Å². The quantitative estimate of drug-likeness (QED) is 0.855. The zero-order chi connectivity index (χ0) is 18.4. The Morgan fingerprint density at radius 1 is 1.15 bits per heavy atom. The maximum atomic E-state index is 12.4. The van der Waals surface area contributed by atoms with Crippen molar-refractivity contribution >= 4 is 11.7 Å². The average molecular weight is 353 g/mol. The van der Waals surface area contributed by atoms with Crippen molar-refractivity contribution in [1.29, 1.82) is 0 Å². The summed E-state index contributed by atoms with van der Waals surface area (Å²) < 4.78 is 5.21. The second-order valence-electron chi connectivity index (χ2n) is 6.74. The van der Waals surface area contributed by atoms with Crippen molar-refractivity contribution < 1.29 is 9.53 Å². The van der Waals surface area contributed by atoms with Crippen LogP contribution < -0.4 is 15.4 Å². The number of ether oxygens (including phenoxy) is 1. The first-order chi connectivity index (χ1) is 12.7. The van der Waals surface area contributed by atoms with Gasteiger partial charge in [-0.05, 0) is 50.2 Å². The summed E-state index contributed by atoms with van der Waals surface area (Å²) in [6.45, 7) is 1.78. The number of carbonyl (C=O) groups excluding carboxylic acids is 1. The fourth-order valence-corrected chi connectivity index (χ4v) is 3.39. The number of nitrogens with one attached hydrogen (secondary N) is 2. The Morgan fingerprint density at radius 3 is 2.65 bits per heavy atom. The molecule has 2 N–H and O–H groups in total. The number of nitrogens with zero attached hydrogens (tertiary/aromatic N) is 1. The third-order valence-electron chi connectivity index (χ3n) is 5.00. The van der Waals surface area contributed by atoms with Gasteiger partial charge in [0.05, 0.1) is 12.8 Å². The van der Waals surface area contributed by atoms with Gasteiger partial charge in [0.1, 0.15) is 5.75 Å². The largest absolute Gasteiger partial charge is 0.497 e. The monoisotopic (exact) mass is 353 g/mol. The van der Waals surface area contributed by atoms with Crippen molar-refractivity contribution in [2.24, 2.45) is 0 Å². The second-order valence-corrected chi connectivity index (χ2v) is 6.74. The van der Waals surface area contributed by atoms with E-state index in [2.05, 4.69) is 22.6 Å². The minimum absolute atomic E-state index is 0.162. The maximum absolute atomic E-state index is 12.4. The van der Waals surface area contributed by atoms with Crippen molar-refractivity contribution in [2.75, 3.05) is 32.6 Å². The molecular formula is C21H27N3O2. The van der Waals surface area contributed by atoms with Crippen LogP contribution in [-0.2, 0) is 0 Å². The van der Waals surface area contributed by atoms with Crippen LogP contribution in [0.25, 0.3) is 11.1 Å². The van der Waals surface area contributed by atoms with Crippen LogP contribution in [0.4, 0.5) is 10.5 Å². The summed E-state index contributed by atoms with van der Waals surface area (Å²) >= 11 is 0. The van der Waals surface area contributed by atoms with Crippen LogP contribution >= 0.6 is 0 Å². The average Bonchev–Trinajstić information content (AvgIpc) is 2.68. The first-order valence-corrected chi connectivity index (χ1v) is 9.16. The molecule has 2 amide bonds. The molecule has 1 saturated heterocycles. The van der Waals surface area contributed by atoms with Gasteiger partial charge in [-0.2, -0.15) is 0 Å². The molecule has 0 radical (unpaired) electrons. The van der Waals surface area contributed by atoms with Gasteiger partial charge in [-0.25, -0.2) is 4.79 Å². The number of carbonyl (C=O) groups is 1. The van der Waals surface area contributed by atoms with E-state index in [0.29, 0.717) is 12.6 Å². The Balaban J connectivity index is 1.64. The highest BCUT2D eigenvalue weighted by atomic mass is 16.5. The lowest BCUT2D eigenvalue weighted by molar-refractivity contribution is 0.182. The summed E-state index contributed by atoms with van der Waals surface area (Å²) in [6.07, 6.45) is 3.62. The van der Waals surface area contributed by atoms with E-state index in [0.717, 1.165) is 35.5 Å². The summed E-state index contributed by atoms with van der Waals surface area (Å²) in [5.41, 5.74) is 2.82. The van der Waals surface area contributed by atoms with Gasteiger partial charge in [0.15, 0.2) is 0 Å². The zero-order valence-corrected chi connectivity index (χ0v) is 15.5. The van der Waals surface area contributed by atoms with E-state index in [-0.39, 0.29) is 6.03 Å². The van der Waals surface area contributed by atoms with E-state index < -0.39 is 0 Å². The van der Waals surface area contributed by atoms with Gasteiger partial charge >= 0.3 is 6.03 Å². The summed E-state index contributed by atoms with van der Waals surface area (Å²) in [5.74, 6) is 0.813. The number of urea groups is 1. The molecule has 2 aromatic rings. The number of hydrogen-bond donors (Lipinski definition) is 2. The molecule has 1 aliphatic heterocycles. The summed E-state index contributed by atoms with van der Waals surface area (Å²) in [6, 6.07) is 15.9. The van der Waals surface area contributed by atoms with Gasteiger partial charge in [0.2, 0.25) is 0 Å². The number of anilines is 1. The molecule has 138 valence electrons. The standard InChI is InChI=1S/C21H27N3O2/c1-24-14-6-5-7-17(24)15-22-21(25)23-20-9-4-3-8-19(20)16-10-12-18(26-2)13-11-16/h3-4,8-13,17H,5-7,14-15H2,1-2H3,(H2,22,23,25). The molecule has 0 bridgehead atoms. The molecular weight excluding hydrogens is 326 g/mol. The number of likely N-dealkylation sites (tertiary alicyclic amines) is 1. The number of para-hydroxylation sites is 1. The number of piperidine rings is 1. The third kappa shape index (κ3) is 4.55. The number of likely N-dealkylation sites (N-methyl/N-ethyl adjacent to an activating group) is 1. The van der Waals surface area contributed by atoms with Crippen LogP contribution in [-0.4, -0.2) is 44.2 Å². The molecule has 1 fully saturated rings. The maximum Gasteiger partial charge on any atom is 0.319 e. The van der Waals surface area contributed by atoms with Crippen molar-refractivity contribution in [3.8, 4) is 16.9 Å². The van der Waals surface area contributed by atoms with Gasteiger partial charge < -0.3 is 20.3 Å². The van der Waals surface area contributed by atoms with Gasteiger partial charge in [-0.15, -0.1) is 0 Å². The second kappa shape index (κ2) is 8.72. The Hall–Kier alpha value is -2.53. The van der Waals surface area contributed by atoms with Crippen molar-refractivity contribution in [3.63, 3.8) is 0 Å². The highest BCUT2D eigenvalue weighted by Crippen LogP contribution is 2.29. The molecule has 1 heterocycles. The van der Waals surface area contributed by atoms with Crippen LogP contribution in [0.5, 0.6) is 5.75 Å². The first-order valence-electron chi connectivity index (χ1n) is 9.16. The smallest absolute Gasteiger partial charge is 0.319 e. The van der Waals surface area contributed by atoms with E-state index >= 15 is 0 Å². The first kappa shape index (κ1) is 18.3. The van der Waals surface area contributed by atoms with Crippen molar-refractivity contribution in [3.05, 3.63) is 48.5 Å². The topological polar surface area (TPSA) is 53.6 Å². The Bertz CT molecular complexity index is 730. The molecule has 5 heteroatoms. The SMILES string of the molecule is COc1ccc(-c2ccccc2NC(=O)NCC2CCCCN2C)cc1. The Morgan fingerprint density at radius 2 is 1.92 bits per heavy atom. The summed E-state index contributed by atoms with van der Waals surface area (Å²) in [5, 5.41) is 6.01. The third-order valence-corrected chi connectivity index (χ3v) is 5.00. The summed E-state index contributed by atoms with van der Waals surface area (Å²) in [7, 11) is 3.78. The number of benzene rings is 2. The number of methoxy groups -OCH3 is 1. The Labute approximate surface area is 155 Å². The van der Waals surface area contributed by atoms with Gasteiger partial charge in [0, 0.05) is 18.2 Å². The van der Waals surface area contributed by atoms with Crippen molar-refractivity contribution in [1.82, 2.24) is 10.2 Å². The molecule has 0 aliphatic carbocycles. The molecule has 3 rings (SSSR count). The molecule has 0 saturated carbocycles. The molecule has 2 aromatic carbocycles. The van der Waals surface area contributed by atoms with E-state index in [1.54, 1.807) is 7.11 Å². The fraction of sp³-hybridized carbons (Fsp3) is 0.381. The summed E-state index contributed by atoms with van der Waals surface area (Å²) in [4.78, 5) is 14.7. The van der Waals surface area contributed by atoms with E-state index in [1.165, 1.54) is 12.8 Å². The van der Waals surface area contributed by atoms with E-state index in [4.69, 9.17) is 4.74 Å². The predicted molar refractivity (Wildman–Crippen MR) is 106 cm³/mol. The van der Waals surface area contributed by atoms with Gasteiger partial charge in [-0.1, -0.05) is 36.8 Å². The molecule has 5 nitrogen and oxygen atoms in total. The zero-order valence-electron chi connectivity index (χ0n) is 15.5. The lowest BCUT2D eigenvalue weighted by atomic mass is 10.0. The van der Waals surface area contributed by atoms with Crippen LogP contribution in [0, 0.1) is 0 Å². The molecule has 0 spiro atoms. The molecule has 1 unspecified atom stereocenters.